The lowest BCUT2D eigenvalue weighted by molar-refractivity contribution is -0.248. The highest BCUT2D eigenvalue weighted by molar-refractivity contribution is 5.71. The molecule has 5 aliphatic rings. The highest BCUT2D eigenvalue weighted by Gasteiger charge is 2.70. The van der Waals surface area contributed by atoms with Crippen LogP contribution in [0.5, 0.6) is 0 Å². The number of hydrogen-bond donors (Lipinski definition) is 2. The van der Waals surface area contributed by atoms with E-state index >= 15 is 0 Å². The molecule has 0 amide bonds. The summed E-state index contributed by atoms with van der Waals surface area (Å²) in [6.45, 7) is 19.9. The highest BCUT2D eigenvalue weighted by atomic mass is 16.5. The van der Waals surface area contributed by atoms with E-state index in [9.17, 15) is 9.90 Å². The lowest BCUT2D eigenvalue weighted by Crippen LogP contribution is -2.66. The van der Waals surface area contributed by atoms with Crippen molar-refractivity contribution in [2.45, 2.75) is 125 Å². The predicted octanol–water partition coefficient (Wildman–Crippen LogP) is 6.69. The van der Waals surface area contributed by atoms with Gasteiger partial charge in [0.15, 0.2) is 5.82 Å². The van der Waals surface area contributed by atoms with Gasteiger partial charge in [-0.2, -0.15) is 0 Å². The Balaban J connectivity index is 1.26. The van der Waals surface area contributed by atoms with Crippen LogP contribution < -0.4 is 0 Å². The summed E-state index contributed by atoms with van der Waals surface area (Å²) in [4.78, 5) is 12.5. The van der Waals surface area contributed by atoms with Gasteiger partial charge in [0, 0.05) is 0 Å². The van der Waals surface area contributed by atoms with Gasteiger partial charge in [0.05, 0.1) is 12.7 Å². The van der Waals surface area contributed by atoms with Crippen LogP contribution in [0.4, 0.5) is 0 Å². The van der Waals surface area contributed by atoms with Crippen LogP contribution in [0.15, 0.2) is 12.2 Å². The fraction of sp³-hybridized carbons (Fsp3) is 0.882. The topological polar surface area (TPSA) is 101 Å². The number of rotatable bonds is 6. The number of hydrogen-bond acceptors (Lipinski definition) is 6. The maximum absolute atomic E-state index is 12.5. The third-order valence-electron chi connectivity index (χ3n) is 14.8. The number of nitrogens with one attached hydrogen (secondary N) is 1. The zero-order chi connectivity index (χ0) is 29.4. The number of carbonyl (C=O) groups is 1. The summed E-state index contributed by atoms with van der Waals surface area (Å²) in [7, 11) is 0. The first kappa shape index (κ1) is 29.3. The van der Waals surface area contributed by atoms with Crippen molar-refractivity contribution in [3.63, 3.8) is 0 Å². The van der Waals surface area contributed by atoms with Gasteiger partial charge in [-0.25, -0.2) is 5.10 Å². The van der Waals surface area contributed by atoms with Crippen molar-refractivity contribution in [2.24, 2.45) is 56.7 Å². The molecule has 1 heterocycles. The van der Waals surface area contributed by atoms with Gasteiger partial charge in [0.25, 0.3) is 0 Å². The van der Waals surface area contributed by atoms with Gasteiger partial charge in [-0.15, -0.1) is 5.10 Å². The number of nitrogens with zero attached hydrogens (tertiary/aromatic N) is 3. The molecule has 5 fully saturated rings. The molecule has 1 aromatic rings. The number of fused-ring (bicyclic) bond motifs is 7. The van der Waals surface area contributed by atoms with Gasteiger partial charge < -0.3 is 9.84 Å². The lowest BCUT2D eigenvalue weighted by Gasteiger charge is -2.73. The van der Waals surface area contributed by atoms with E-state index in [1.54, 1.807) is 0 Å². The molecule has 0 spiro atoms. The highest BCUT2D eigenvalue weighted by Crippen LogP contribution is 2.77. The van der Waals surface area contributed by atoms with E-state index in [-0.39, 0.29) is 29.3 Å². The lowest BCUT2D eigenvalue weighted by atomic mass is 9.32. The van der Waals surface area contributed by atoms with Gasteiger partial charge in [-0.3, -0.25) is 4.79 Å². The molecular formula is C34H54N4O3. The van der Waals surface area contributed by atoms with Gasteiger partial charge in [-0.05, 0) is 145 Å². The molecule has 7 heteroatoms. The van der Waals surface area contributed by atoms with Gasteiger partial charge in [-0.1, -0.05) is 46.8 Å². The Labute approximate surface area is 247 Å². The van der Waals surface area contributed by atoms with Crippen molar-refractivity contribution in [3.05, 3.63) is 18.0 Å². The molecule has 0 aromatic carbocycles. The van der Waals surface area contributed by atoms with Gasteiger partial charge >= 0.3 is 5.97 Å². The van der Waals surface area contributed by atoms with Crippen molar-refractivity contribution < 1.29 is 14.6 Å². The average Bonchev–Trinajstić information content (AvgIpc) is 3.55. The number of esters is 1. The Morgan fingerprint density at radius 2 is 1.76 bits per heavy atom. The van der Waals surface area contributed by atoms with E-state index < -0.39 is 0 Å². The number of carbonyl (C=O) groups excluding carboxylic acids is 1. The van der Waals surface area contributed by atoms with Gasteiger partial charge in [0.1, 0.15) is 6.42 Å². The second-order valence-electron chi connectivity index (χ2n) is 16.4. The average molecular weight is 567 g/mol. The van der Waals surface area contributed by atoms with Crippen LogP contribution in [0.3, 0.4) is 0 Å². The molecule has 5 saturated carbocycles. The van der Waals surface area contributed by atoms with Crippen molar-refractivity contribution in [1.82, 2.24) is 20.6 Å². The fourth-order valence-corrected chi connectivity index (χ4v) is 12.5. The third-order valence-corrected chi connectivity index (χ3v) is 14.8. The Bertz CT molecular complexity index is 1170. The summed E-state index contributed by atoms with van der Waals surface area (Å²) in [6.07, 6.45) is 13.0. The quantitative estimate of drug-likeness (QED) is 0.294. The number of aromatic nitrogens is 4. The number of aromatic amines is 1. The maximum atomic E-state index is 12.5. The Morgan fingerprint density at radius 3 is 2.46 bits per heavy atom. The van der Waals surface area contributed by atoms with Crippen molar-refractivity contribution >= 4 is 5.97 Å². The standard InChI is InChI=1S/C34H54N4O3/c1-21(2)22-10-15-34(18-19-41-28(40)20-27-35-37-38-36-27)17-16-32(6)23(29(22)34)8-9-25-31(5)13-12-26(39)30(3,4)24(31)11-14-33(25,32)7/h22-26,29,39H,1,8-20H2,2-7H3,(H,35,36,37,38)/t22-,23+,24-,25+,26?,29+,31-,32+,33+,34+/m0/s1. The largest absolute Gasteiger partial charge is 0.465 e. The Hall–Kier alpha value is -1.76. The van der Waals surface area contributed by atoms with Crippen LogP contribution in [-0.4, -0.2) is 44.4 Å². The van der Waals surface area contributed by atoms with Crippen LogP contribution in [-0.2, 0) is 16.0 Å². The first-order chi connectivity index (χ1) is 19.3. The predicted molar refractivity (Wildman–Crippen MR) is 158 cm³/mol. The summed E-state index contributed by atoms with van der Waals surface area (Å²) < 4.78 is 5.79. The van der Waals surface area contributed by atoms with E-state index in [0.29, 0.717) is 58.3 Å². The summed E-state index contributed by atoms with van der Waals surface area (Å²) in [5.41, 5.74) is 2.48. The van der Waals surface area contributed by atoms with E-state index in [4.69, 9.17) is 4.74 Å². The minimum Gasteiger partial charge on any atom is -0.465 e. The number of ether oxygens (including phenoxy) is 1. The normalized spacial score (nSPS) is 46.5. The van der Waals surface area contributed by atoms with Crippen LogP contribution in [0.25, 0.3) is 0 Å². The van der Waals surface area contributed by atoms with E-state index in [1.807, 2.05) is 0 Å². The van der Waals surface area contributed by atoms with E-state index in [1.165, 1.54) is 63.4 Å². The molecule has 1 aromatic heterocycles. The minimum atomic E-state index is -0.259. The first-order valence-corrected chi connectivity index (χ1v) is 16.5. The summed E-state index contributed by atoms with van der Waals surface area (Å²) >= 11 is 0. The molecule has 5 aliphatic carbocycles. The molecule has 7 nitrogen and oxygen atoms in total. The SMILES string of the molecule is C=C(C)[C@@H]1CC[C@]2(CCOC(=O)Cc3nnn[nH]3)CC[C@]3(C)[C@H](CC[C@@H]4[C@@]5(C)CCC(O)C(C)(C)[C@@H]5CC[C@]43C)[C@@H]12. The van der Waals surface area contributed by atoms with E-state index in [2.05, 4.69) is 68.7 Å². The van der Waals surface area contributed by atoms with Gasteiger partial charge in [0.2, 0.25) is 0 Å². The van der Waals surface area contributed by atoms with Crippen LogP contribution in [0.1, 0.15) is 118 Å². The molecule has 1 unspecified atom stereocenters. The molecule has 0 saturated heterocycles. The van der Waals surface area contributed by atoms with Crippen LogP contribution in [0, 0.1) is 56.7 Å². The first-order valence-electron chi connectivity index (χ1n) is 16.5. The molecule has 10 atom stereocenters. The smallest absolute Gasteiger partial charge is 0.313 e. The summed E-state index contributed by atoms with van der Waals surface area (Å²) in [5, 5.41) is 24.6. The Morgan fingerprint density at radius 1 is 0.976 bits per heavy atom. The second kappa shape index (κ2) is 9.89. The molecule has 6 rings (SSSR count). The molecule has 0 aliphatic heterocycles. The third kappa shape index (κ3) is 4.21. The number of allylic oxidation sites excluding steroid dienone is 1. The maximum Gasteiger partial charge on any atom is 0.313 e. The zero-order valence-electron chi connectivity index (χ0n) is 26.5. The fourth-order valence-electron chi connectivity index (χ4n) is 12.5. The summed E-state index contributed by atoms with van der Waals surface area (Å²) in [5.74, 6) is 3.36. The molecular weight excluding hydrogens is 512 g/mol. The van der Waals surface area contributed by atoms with Crippen molar-refractivity contribution in [2.75, 3.05) is 6.61 Å². The molecule has 0 radical (unpaired) electrons. The zero-order valence-corrected chi connectivity index (χ0v) is 26.5. The molecule has 2 N–H and O–H groups in total. The van der Waals surface area contributed by atoms with Crippen LogP contribution >= 0.6 is 0 Å². The van der Waals surface area contributed by atoms with Crippen LogP contribution in [0.2, 0.25) is 0 Å². The number of tetrazole rings is 1. The number of aliphatic hydroxyl groups is 1. The van der Waals surface area contributed by atoms with Crippen molar-refractivity contribution in [1.29, 1.82) is 0 Å². The molecule has 0 bridgehead atoms. The molecule has 41 heavy (non-hydrogen) atoms. The summed E-state index contributed by atoms with van der Waals surface area (Å²) in [6, 6.07) is 0. The minimum absolute atomic E-state index is 0.00824. The van der Waals surface area contributed by atoms with E-state index in [0.717, 1.165) is 12.8 Å². The van der Waals surface area contributed by atoms with Crippen molar-refractivity contribution in [3.8, 4) is 0 Å². The number of H-pyrrole nitrogens is 1. The molecule has 228 valence electrons. The second-order valence-corrected chi connectivity index (χ2v) is 16.4. The monoisotopic (exact) mass is 566 g/mol. The Kier molecular flexibility index (Phi) is 7.07. The number of aliphatic hydroxyl groups excluding tert-OH is 1.